The highest BCUT2D eigenvalue weighted by atomic mass is 32.1. The highest BCUT2D eigenvalue weighted by molar-refractivity contribution is 7.18. The average molecular weight is 427 g/mol. The van der Waals surface area contributed by atoms with Crippen molar-refractivity contribution in [3.8, 4) is 0 Å². The number of hydrogen-bond acceptors (Lipinski definition) is 5. The first kappa shape index (κ1) is 19.5. The molecule has 4 amide bonds. The molecule has 2 aliphatic heterocycles. The maximum Gasteiger partial charge on any atom is 0.325 e. The number of fused-ring (bicyclic) bond motifs is 1. The van der Waals surface area contributed by atoms with Crippen LogP contribution in [0.25, 0.3) is 10.2 Å². The van der Waals surface area contributed by atoms with Crippen LogP contribution in [0.5, 0.6) is 0 Å². The van der Waals surface area contributed by atoms with Gasteiger partial charge in [-0.05, 0) is 43.7 Å². The van der Waals surface area contributed by atoms with Crippen LogP contribution in [0.3, 0.4) is 0 Å². The molecule has 1 aromatic heterocycles. The number of amides is 4. The van der Waals surface area contributed by atoms with Gasteiger partial charge in [0.05, 0.1) is 16.3 Å². The smallest absolute Gasteiger partial charge is 0.325 e. The molecule has 1 N–H and O–H groups in total. The molecule has 1 saturated carbocycles. The second kappa shape index (κ2) is 7.34. The van der Waals surface area contributed by atoms with Crippen molar-refractivity contribution in [2.24, 2.45) is 5.92 Å². The van der Waals surface area contributed by atoms with Crippen LogP contribution in [0, 0.1) is 5.92 Å². The molecule has 1 aromatic carbocycles. The number of nitrogens with zero attached hydrogens (tertiary/aromatic N) is 3. The molecule has 3 aliphatic rings. The van der Waals surface area contributed by atoms with Gasteiger partial charge in [-0.1, -0.05) is 31.9 Å². The predicted molar refractivity (Wildman–Crippen MR) is 114 cm³/mol. The number of carbonyl (C=O) groups excluding carboxylic acids is 3. The number of thiazole rings is 1. The van der Waals surface area contributed by atoms with Gasteiger partial charge < -0.3 is 10.2 Å². The van der Waals surface area contributed by atoms with Crippen molar-refractivity contribution < 1.29 is 14.4 Å². The van der Waals surface area contributed by atoms with Crippen LogP contribution < -0.4 is 5.32 Å². The molecule has 1 spiro atoms. The molecule has 2 saturated heterocycles. The standard InChI is InChI=1S/C22H26N4O3S/c1-14-7-4-5-11-22(14)20(28)26(21(29)24-22)13-18(27)25-12-6-9-16(25)19-23-15-8-2-3-10-17(15)30-19/h2-3,8,10,14,16H,4-7,9,11-13H2,1H3,(H,24,29)/t14-,16+,22-/m1/s1. The zero-order valence-electron chi connectivity index (χ0n) is 17.1. The second-order valence-electron chi connectivity index (χ2n) is 8.70. The maximum atomic E-state index is 13.2. The van der Waals surface area contributed by atoms with E-state index in [1.807, 2.05) is 31.2 Å². The summed E-state index contributed by atoms with van der Waals surface area (Å²) in [4.78, 5) is 46.7. The molecule has 8 heteroatoms. The Hall–Kier alpha value is -2.48. The molecule has 0 bridgehead atoms. The van der Waals surface area contributed by atoms with Crippen molar-refractivity contribution >= 4 is 39.4 Å². The first-order valence-electron chi connectivity index (χ1n) is 10.8. The Balaban J connectivity index is 1.34. The minimum atomic E-state index is -0.826. The van der Waals surface area contributed by atoms with E-state index < -0.39 is 11.6 Å². The van der Waals surface area contributed by atoms with Gasteiger partial charge in [0.1, 0.15) is 17.1 Å². The van der Waals surface area contributed by atoms with Crippen molar-refractivity contribution in [2.45, 2.75) is 57.0 Å². The highest BCUT2D eigenvalue weighted by Crippen LogP contribution is 2.39. The molecule has 7 nitrogen and oxygen atoms in total. The molecule has 3 fully saturated rings. The highest BCUT2D eigenvalue weighted by Gasteiger charge is 2.55. The molecule has 0 radical (unpaired) electrons. The SMILES string of the molecule is C[C@@H]1CCCC[C@@]12NC(=O)N(CC(=O)N1CCC[C@H]1c1nc3ccccc3s1)C2=O. The Kier molecular flexibility index (Phi) is 4.76. The lowest BCUT2D eigenvalue weighted by molar-refractivity contribution is -0.141. The van der Waals surface area contributed by atoms with Crippen LogP contribution in [-0.2, 0) is 9.59 Å². The molecule has 5 rings (SSSR count). The van der Waals surface area contributed by atoms with Crippen LogP contribution in [0.1, 0.15) is 56.5 Å². The van der Waals surface area contributed by atoms with E-state index in [1.54, 1.807) is 16.2 Å². The number of para-hydroxylation sites is 1. The van der Waals surface area contributed by atoms with Crippen LogP contribution in [0.2, 0.25) is 0 Å². The molecule has 158 valence electrons. The largest absolute Gasteiger partial charge is 0.332 e. The number of carbonyl (C=O) groups is 3. The van der Waals surface area contributed by atoms with Gasteiger partial charge in [-0.25, -0.2) is 9.78 Å². The molecular formula is C22H26N4O3S. The summed E-state index contributed by atoms with van der Waals surface area (Å²) in [6.07, 6.45) is 5.31. The first-order chi connectivity index (χ1) is 14.5. The quantitative estimate of drug-likeness (QED) is 0.762. The van der Waals surface area contributed by atoms with E-state index in [0.717, 1.165) is 52.2 Å². The Bertz CT molecular complexity index is 988. The maximum absolute atomic E-state index is 13.2. The number of rotatable bonds is 3. The van der Waals surface area contributed by atoms with Crippen LogP contribution in [0.4, 0.5) is 4.79 Å². The topological polar surface area (TPSA) is 82.6 Å². The van der Waals surface area contributed by atoms with Crippen LogP contribution in [0.15, 0.2) is 24.3 Å². The minimum Gasteiger partial charge on any atom is -0.332 e. The van der Waals surface area contributed by atoms with Gasteiger partial charge in [0.2, 0.25) is 5.91 Å². The van der Waals surface area contributed by atoms with Gasteiger partial charge in [0.25, 0.3) is 5.91 Å². The fourth-order valence-corrected chi connectivity index (χ4v) is 6.33. The Labute approximate surface area is 179 Å². The monoisotopic (exact) mass is 426 g/mol. The predicted octanol–water partition coefficient (Wildman–Crippen LogP) is 3.46. The molecule has 30 heavy (non-hydrogen) atoms. The van der Waals surface area contributed by atoms with Crippen molar-refractivity contribution in [3.05, 3.63) is 29.3 Å². The molecule has 3 atom stereocenters. The zero-order valence-corrected chi connectivity index (χ0v) is 17.9. The number of hydrogen-bond donors (Lipinski definition) is 1. The summed E-state index contributed by atoms with van der Waals surface area (Å²) >= 11 is 1.61. The second-order valence-corrected chi connectivity index (χ2v) is 9.77. The van der Waals surface area contributed by atoms with E-state index >= 15 is 0 Å². The Morgan fingerprint density at radius 3 is 2.87 bits per heavy atom. The molecule has 3 heterocycles. The van der Waals surface area contributed by atoms with E-state index in [0.29, 0.717) is 13.0 Å². The Morgan fingerprint density at radius 2 is 2.07 bits per heavy atom. The number of imide groups is 1. The summed E-state index contributed by atoms with van der Waals surface area (Å²) in [7, 11) is 0. The number of benzene rings is 1. The zero-order chi connectivity index (χ0) is 20.9. The lowest BCUT2D eigenvalue weighted by atomic mass is 9.73. The van der Waals surface area contributed by atoms with Gasteiger partial charge in [0, 0.05) is 6.54 Å². The third-order valence-corrected chi connectivity index (χ3v) is 8.10. The third-order valence-electron chi connectivity index (χ3n) is 6.96. The fourth-order valence-electron chi connectivity index (χ4n) is 5.22. The van der Waals surface area contributed by atoms with E-state index in [-0.39, 0.29) is 30.3 Å². The number of likely N-dealkylation sites (tertiary alicyclic amines) is 1. The van der Waals surface area contributed by atoms with Crippen molar-refractivity contribution in [3.63, 3.8) is 0 Å². The van der Waals surface area contributed by atoms with E-state index in [9.17, 15) is 14.4 Å². The summed E-state index contributed by atoms with van der Waals surface area (Å²) < 4.78 is 1.11. The van der Waals surface area contributed by atoms with Crippen molar-refractivity contribution in [2.75, 3.05) is 13.1 Å². The average Bonchev–Trinajstić information content (AvgIpc) is 3.43. The van der Waals surface area contributed by atoms with Gasteiger partial charge in [-0.2, -0.15) is 0 Å². The Morgan fingerprint density at radius 1 is 1.23 bits per heavy atom. The molecule has 0 unspecified atom stereocenters. The summed E-state index contributed by atoms with van der Waals surface area (Å²) in [6, 6.07) is 7.45. The van der Waals surface area contributed by atoms with Gasteiger partial charge in [0.15, 0.2) is 0 Å². The number of nitrogens with one attached hydrogen (secondary N) is 1. The van der Waals surface area contributed by atoms with E-state index in [2.05, 4.69) is 5.32 Å². The third kappa shape index (κ3) is 3.00. The molecular weight excluding hydrogens is 400 g/mol. The van der Waals surface area contributed by atoms with Gasteiger partial charge in [-0.15, -0.1) is 11.3 Å². The lowest BCUT2D eigenvalue weighted by Crippen LogP contribution is -2.54. The van der Waals surface area contributed by atoms with Gasteiger partial charge >= 0.3 is 6.03 Å². The summed E-state index contributed by atoms with van der Waals surface area (Å²) in [5.74, 6) is -0.324. The van der Waals surface area contributed by atoms with Crippen molar-refractivity contribution in [1.29, 1.82) is 0 Å². The van der Waals surface area contributed by atoms with Crippen LogP contribution in [-0.4, -0.2) is 51.3 Å². The summed E-state index contributed by atoms with van der Waals surface area (Å²) in [6.45, 7) is 2.46. The lowest BCUT2D eigenvalue weighted by Gasteiger charge is -2.36. The molecule has 2 aromatic rings. The van der Waals surface area contributed by atoms with E-state index in [4.69, 9.17) is 4.98 Å². The number of aromatic nitrogens is 1. The summed E-state index contributed by atoms with van der Waals surface area (Å²) in [5, 5.41) is 3.86. The number of urea groups is 1. The van der Waals surface area contributed by atoms with Gasteiger partial charge in [-0.3, -0.25) is 14.5 Å². The molecule has 1 aliphatic carbocycles. The van der Waals surface area contributed by atoms with Crippen molar-refractivity contribution in [1.82, 2.24) is 20.1 Å². The summed E-state index contributed by atoms with van der Waals surface area (Å²) in [5.41, 5.74) is 0.117. The fraction of sp³-hybridized carbons (Fsp3) is 0.545. The first-order valence-corrected chi connectivity index (χ1v) is 11.6. The van der Waals surface area contributed by atoms with E-state index in [1.165, 1.54) is 0 Å². The van der Waals surface area contributed by atoms with Crippen LogP contribution >= 0.6 is 11.3 Å². The minimum absolute atomic E-state index is 0.0850. The normalized spacial score (nSPS) is 29.2.